The third-order valence-electron chi connectivity index (χ3n) is 7.11. The first-order chi connectivity index (χ1) is 17.4. The van der Waals surface area contributed by atoms with Gasteiger partial charge in [0.05, 0.1) is 0 Å². The number of phenols is 1. The number of hydrogen-bond donors (Lipinski definition) is 3. The fourth-order valence-electron chi connectivity index (χ4n) is 4.79. The van der Waals surface area contributed by atoms with Crippen LogP contribution in [-0.4, -0.2) is 21.3 Å². The van der Waals surface area contributed by atoms with Gasteiger partial charge in [0.2, 0.25) is 0 Å². The van der Waals surface area contributed by atoms with Crippen LogP contribution in [0.1, 0.15) is 84.8 Å². The summed E-state index contributed by atoms with van der Waals surface area (Å²) in [6.07, 6.45) is 0.822. The number of aromatic carboxylic acids is 1. The summed E-state index contributed by atoms with van der Waals surface area (Å²) < 4.78 is 19.6. The van der Waals surface area contributed by atoms with E-state index in [9.17, 15) is 19.4 Å². The summed E-state index contributed by atoms with van der Waals surface area (Å²) in [6.45, 7) is 8.99. The molecule has 4 rings (SSSR count). The molecule has 0 spiro atoms. The van der Waals surface area contributed by atoms with Crippen molar-refractivity contribution >= 4 is 5.97 Å². The molecule has 0 aromatic heterocycles. The van der Waals surface area contributed by atoms with E-state index in [1.807, 2.05) is 12.1 Å². The second-order valence-electron chi connectivity index (χ2n) is 10.8. The first kappa shape index (κ1) is 26.2. The van der Waals surface area contributed by atoms with E-state index in [2.05, 4.69) is 39.5 Å². The number of hydrogen-bond acceptors (Lipinski definition) is 4. The maximum absolute atomic E-state index is 13.4. The molecule has 1 aliphatic carbocycles. The van der Waals surface area contributed by atoms with E-state index in [1.165, 1.54) is 30.3 Å². The minimum atomic E-state index is -1.23. The summed E-state index contributed by atoms with van der Waals surface area (Å²) in [7, 11) is 0. The SMILES string of the molecule is CC1(C)CCC(C)(C)c2c(OCc3ccc(F)cc3)cc(C(O)C#Cc3ccc(C(=O)O)c(O)c3)cc21. The van der Waals surface area contributed by atoms with Crippen LogP contribution in [0.3, 0.4) is 0 Å². The highest BCUT2D eigenvalue weighted by atomic mass is 19.1. The van der Waals surface area contributed by atoms with E-state index >= 15 is 0 Å². The molecule has 0 heterocycles. The van der Waals surface area contributed by atoms with Gasteiger partial charge >= 0.3 is 5.97 Å². The summed E-state index contributed by atoms with van der Waals surface area (Å²) >= 11 is 0. The van der Waals surface area contributed by atoms with Crippen LogP contribution in [0.4, 0.5) is 4.39 Å². The number of aromatic hydroxyl groups is 1. The lowest BCUT2D eigenvalue weighted by Crippen LogP contribution is -2.34. The van der Waals surface area contributed by atoms with Crippen LogP contribution in [0.25, 0.3) is 0 Å². The van der Waals surface area contributed by atoms with Crippen LogP contribution in [0.15, 0.2) is 54.6 Å². The number of aliphatic hydroxyl groups is 1. The monoisotopic (exact) mass is 502 g/mol. The molecule has 1 atom stereocenters. The van der Waals surface area contributed by atoms with Crippen LogP contribution < -0.4 is 4.74 Å². The molecule has 0 aliphatic heterocycles. The van der Waals surface area contributed by atoms with Gasteiger partial charge in [-0.2, -0.15) is 0 Å². The molecule has 192 valence electrons. The first-order valence-electron chi connectivity index (χ1n) is 12.2. The van der Waals surface area contributed by atoms with Crippen molar-refractivity contribution in [2.24, 2.45) is 0 Å². The fourth-order valence-corrected chi connectivity index (χ4v) is 4.79. The molecule has 0 fully saturated rings. The topological polar surface area (TPSA) is 87.0 Å². The Morgan fingerprint density at radius 2 is 1.70 bits per heavy atom. The molecular formula is C31H31FO5. The van der Waals surface area contributed by atoms with Crippen LogP contribution in [-0.2, 0) is 17.4 Å². The van der Waals surface area contributed by atoms with Gasteiger partial charge in [0.1, 0.15) is 35.6 Å². The Morgan fingerprint density at radius 3 is 2.35 bits per heavy atom. The minimum Gasteiger partial charge on any atom is -0.507 e. The molecule has 3 aromatic rings. The number of rotatable bonds is 5. The number of halogens is 1. The summed E-state index contributed by atoms with van der Waals surface area (Å²) in [6, 6.07) is 14.0. The Balaban J connectivity index is 1.72. The van der Waals surface area contributed by atoms with E-state index in [0.29, 0.717) is 16.9 Å². The minimum absolute atomic E-state index is 0.137. The van der Waals surface area contributed by atoms with Crippen LogP contribution in [0.5, 0.6) is 11.5 Å². The molecule has 3 N–H and O–H groups in total. The Labute approximate surface area is 216 Å². The van der Waals surface area contributed by atoms with Gasteiger partial charge in [-0.3, -0.25) is 0 Å². The molecule has 6 heteroatoms. The lowest BCUT2D eigenvalue weighted by molar-refractivity contribution is 0.0693. The molecule has 1 unspecified atom stereocenters. The lowest BCUT2D eigenvalue weighted by Gasteiger charge is -2.43. The standard InChI is InChI=1S/C31H31FO5/c1-30(2)13-14-31(3,4)28-24(30)16-21(17-27(28)37-18-20-5-9-22(32)10-6-20)25(33)12-8-19-7-11-23(29(35)36)26(34)15-19/h5-7,9-11,15-17,25,33-34H,13-14,18H2,1-4H3,(H,35,36). The summed E-state index contributed by atoms with van der Waals surface area (Å²) in [4.78, 5) is 11.1. The molecule has 0 amide bonds. The van der Waals surface area contributed by atoms with Gasteiger partial charge in [-0.25, -0.2) is 9.18 Å². The smallest absolute Gasteiger partial charge is 0.339 e. The number of fused-ring (bicyclic) bond motifs is 1. The van der Waals surface area contributed by atoms with Gasteiger partial charge in [0.15, 0.2) is 0 Å². The van der Waals surface area contributed by atoms with E-state index in [1.54, 1.807) is 12.1 Å². The van der Waals surface area contributed by atoms with Gasteiger partial charge in [0, 0.05) is 11.1 Å². The maximum Gasteiger partial charge on any atom is 0.339 e. The molecule has 0 saturated heterocycles. The normalized spacial score (nSPS) is 16.2. The van der Waals surface area contributed by atoms with E-state index in [4.69, 9.17) is 9.84 Å². The van der Waals surface area contributed by atoms with Crippen molar-refractivity contribution in [2.75, 3.05) is 0 Å². The number of ether oxygens (including phenoxy) is 1. The third-order valence-corrected chi connectivity index (χ3v) is 7.11. The van der Waals surface area contributed by atoms with Gasteiger partial charge in [-0.15, -0.1) is 0 Å². The molecule has 0 bridgehead atoms. The van der Waals surface area contributed by atoms with E-state index < -0.39 is 12.1 Å². The number of carbonyl (C=O) groups is 1. The first-order valence-corrected chi connectivity index (χ1v) is 12.2. The highest BCUT2D eigenvalue weighted by molar-refractivity contribution is 5.90. The number of aliphatic hydroxyl groups excluding tert-OH is 1. The van der Waals surface area contributed by atoms with Crippen LogP contribution in [0, 0.1) is 17.7 Å². The van der Waals surface area contributed by atoms with Crippen molar-refractivity contribution < 1.29 is 29.2 Å². The van der Waals surface area contributed by atoms with E-state index in [0.717, 1.165) is 29.5 Å². The maximum atomic E-state index is 13.4. The quantitative estimate of drug-likeness (QED) is 0.360. The summed E-state index contributed by atoms with van der Waals surface area (Å²) in [5.74, 6) is 4.36. The van der Waals surface area contributed by atoms with Crippen LogP contribution >= 0.6 is 0 Å². The Morgan fingerprint density at radius 1 is 1.03 bits per heavy atom. The Bertz CT molecular complexity index is 1390. The third kappa shape index (κ3) is 5.63. The average molecular weight is 503 g/mol. The van der Waals surface area contributed by atoms with Crippen molar-refractivity contribution in [1.29, 1.82) is 0 Å². The number of benzene rings is 3. The lowest BCUT2D eigenvalue weighted by atomic mass is 9.62. The average Bonchev–Trinajstić information content (AvgIpc) is 2.84. The summed E-state index contributed by atoms with van der Waals surface area (Å²) in [5.41, 5.74) is 3.50. The largest absolute Gasteiger partial charge is 0.507 e. The second kappa shape index (κ2) is 9.91. The highest BCUT2D eigenvalue weighted by Crippen LogP contribution is 2.50. The molecule has 0 saturated carbocycles. The zero-order valence-electron chi connectivity index (χ0n) is 21.4. The van der Waals surface area contributed by atoms with Crippen LogP contribution in [0.2, 0.25) is 0 Å². The number of carboxylic acids is 1. The Kier molecular flexibility index (Phi) is 7.03. The van der Waals surface area contributed by atoms with Gasteiger partial charge in [-0.1, -0.05) is 57.7 Å². The zero-order chi connectivity index (χ0) is 27.0. The van der Waals surface area contributed by atoms with Crippen molar-refractivity contribution in [3.05, 3.63) is 93.8 Å². The zero-order valence-corrected chi connectivity index (χ0v) is 21.4. The van der Waals surface area contributed by atoms with E-state index in [-0.39, 0.29) is 34.6 Å². The van der Waals surface area contributed by atoms with Gasteiger partial charge < -0.3 is 20.1 Å². The van der Waals surface area contributed by atoms with Crippen molar-refractivity contribution in [3.8, 4) is 23.3 Å². The predicted molar refractivity (Wildman–Crippen MR) is 139 cm³/mol. The van der Waals surface area contributed by atoms with Crippen molar-refractivity contribution in [2.45, 2.75) is 64.1 Å². The molecule has 3 aromatic carbocycles. The molecular weight excluding hydrogens is 471 g/mol. The van der Waals surface area contributed by atoms with Gasteiger partial charge in [0.25, 0.3) is 0 Å². The summed E-state index contributed by atoms with van der Waals surface area (Å²) in [5, 5.41) is 30.0. The number of carboxylic acid groups (broad SMARTS) is 1. The molecule has 37 heavy (non-hydrogen) atoms. The molecule has 1 aliphatic rings. The van der Waals surface area contributed by atoms with Gasteiger partial charge in [-0.05, 0) is 76.8 Å². The fraction of sp³-hybridized carbons (Fsp3) is 0.323. The van der Waals surface area contributed by atoms with Crippen molar-refractivity contribution in [1.82, 2.24) is 0 Å². The highest BCUT2D eigenvalue weighted by Gasteiger charge is 2.40. The predicted octanol–water partition coefficient (Wildman–Crippen LogP) is 6.24. The molecule has 5 nitrogen and oxygen atoms in total. The Hall–Kier alpha value is -3.82. The second-order valence-corrected chi connectivity index (χ2v) is 10.8. The van der Waals surface area contributed by atoms with Crippen molar-refractivity contribution in [3.63, 3.8) is 0 Å². The molecule has 0 radical (unpaired) electrons.